The highest BCUT2D eigenvalue weighted by atomic mass is 32.2. The maximum absolute atomic E-state index is 13.3. The van der Waals surface area contributed by atoms with Crippen molar-refractivity contribution in [3.05, 3.63) is 84.3 Å². The van der Waals surface area contributed by atoms with E-state index in [1.807, 2.05) is 30.3 Å². The first-order valence-electron chi connectivity index (χ1n) is 8.77. The summed E-state index contributed by atoms with van der Waals surface area (Å²) in [5.41, 5.74) is 0.828. The summed E-state index contributed by atoms with van der Waals surface area (Å²) in [5, 5.41) is 6.90. The molecule has 0 spiro atoms. The Kier molecular flexibility index (Phi) is 7.63. The second-order valence-electron chi connectivity index (χ2n) is 5.80. The van der Waals surface area contributed by atoms with Crippen LogP contribution in [0.2, 0.25) is 0 Å². The van der Waals surface area contributed by atoms with Crippen LogP contribution in [0.15, 0.2) is 77.8 Å². The Bertz CT molecular complexity index is 909. The lowest BCUT2D eigenvalue weighted by Gasteiger charge is -2.13. The minimum atomic E-state index is -0.355. The standard InChI is InChI=1S/C21H20FN3OS2/c22-17-7-4-8-18(14-17)26-20-16(6-5-11-23-20)15-25-21(27)24-12-13-28-19-9-2-1-3-10-19/h1-11,14H,12-13,15H2,(H2,24,25,27). The molecule has 2 aromatic carbocycles. The predicted molar refractivity (Wildman–Crippen MR) is 115 cm³/mol. The van der Waals surface area contributed by atoms with Crippen LogP contribution in [0, 0.1) is 5.82 Å². The fraction of sp³-hybridized carbons (Fsp3) is 0.143. The lowest BCUT2D eigenvalue weighted by Crippen LogP contribution is -2.36. The van der Waals surface area contributed by atoms with E-state index in [9.17, 15) is 4.39 Å². The van der Waals surface area contributed by atoms with Gasteiger partial charge in [-0.25, -0.2) is 9.37 Å². The van der Waals surface area contributed by atoms with Gasteiger partial charge in [0.15, 0.2) is 5.11 Å². The van der Waals surface area contributed by atoms with Crippen molar-refractivity contribution in [3.63, 3.8) is 0 Å². The molecule has 0 radical (unpaired) electrons. The molecule has 0 fully saturated rings. The number of halogens is 1. The summed E-state index contributed by atoms with van der Waals surface area (Å²) in [4.78, 5) is 5.47. The number of thioether (sulfide) groups is 1. The predicted octanol–water partition coefficient (Wildman–Crippen LogP) is 4.77. The molecule has 3 aromatic rings. The van der Waals surface area contributed by atoms with Crippen molar-refractivity contribution in [2.24, 2.45) is 0 Å². The van der Waals surface area contributed by atoms with Crippen molar-refractivity contribution in [3.8, 4) is 11.6 Å². The van der Waals surface area contributed by atoms with Crippen molar-refractivity contribution in [2.75, 3.05) is 12.3 Å². The summed E-state index contributed by atoms with van der Waals surface area (Å²) in [6.07, 6.45) is 1.63. The largest absolute Gasteiger partial charge is 0.439 e. The number of hydrogen-bond donors (Lipinski definition) is 2. The van der Waals surface area contributed by atoms with E-state index in [4.69, 9.17) is 17.0 Å². The fourth-order valence-corrected chi connectivity index (χ4v) is 3.34. The molecular weight excluding hydrogens is 393 g/mol. The third-order valence-electron chi connectivity index (χ3n) is 3.70. The van der Waals surface area contributed by atoms with Gasteiger partial charge in [0, 0.05) is 41.6 Å². The quantitative estimate of drug-likeness (QED) is 0.315. The number of hydrogen-bond acceptors (Lipinski definition) is 4. The molecule has 144 valence electrons. The van der Waals surface area contributed by atoms with Gasteiger partial charge in [-0.1, -0.05) is 30.3 Å². The summed E-state index contributed by atoms with van der Waals surface area (Å²) in [5.74, 6) is 1.38. The van der Waals surface area contributed by atoms with E-state index in [-0.39, 0.29) is 5.82 Å². The summed E-state index contributed by atoms with van der Waals surface area (Å²) in [7, 11) is 0. The van der Waals surface area contributed by atoms with E-state index < -0.39 is 0 Å². The van der Waals surface area contributed by atoms with Crippen LogP contribution in [0.3, 0.4) is 0 Å². The van der Waals surface area contributed by atoms with Gasteiger partial charge in [0.05, 0.1) is 0 Å². The van der Waals surface area contributed by atoms with E-state index in [2.05, 4.69) is 27.8 Å². The number of nitrogens with one attached hydrogen (secondary N) is 2. The molecule has 1 aromatic heterocycles. The molecule has 1 heterocycles. The number of pyridine rings is 1. The van der Waals surface area contributed by atoms with Crippen LogP contribution in [0.4, 0.5) is 4.39 Å². The van der Waals surface area contributed by atoms with Gasteiger partial charge in [0.2, 0.25) is 5.88 Å². The molecule has 0 aliphatic carbocycles. The molecule has 7 heteroatoms. The first-order valence-corrected chi connectivity index (χ1v) is 10.2. The van der Waals surface area contributed by atoms with Crippen LogP contribution in [0.1, 0.15) is 5.56 Å². The minimum absolute atomic E-state index is 0.355. The molecule has 4 nitrogen and oxygen atoms in total. The number of nitrogens with zero attached hydrogens (tertiary/aromatic N) is 1. The molecule has 3 rings (SSSR count). The Morgan fingerprint density at radius 2 is 1.89 bits per heavy atom. The summed E-state index contributed by atoms with van der Waals surface area (Å²) >= 11 is 7.10. The van der Waals surface area contributed by atoms with Crippen molar-refractivity contribution < 1.29 is 9.13 Å². The van der Waals surface area contributed by atoms with Gasteiger partial charge in [-0.15, -0.1) is 11.8 Å². The molecule has 0 unspecified atom stereocenters. The normalized spacial score (nSPS) is 10.3. The van der Waals surface area contributed by atoms with Crippen LogP contribution in [0.25, 0.3) is 0 Å². The molecule has 0 saturated carbocycles. The zero-order valence-electron chi connectivity index (χ0n) is 15.1. The Morgan fingerprint density at radius 3 is 2.71 bits per heavy atom. The highest BCUT2D eigenvalue weighted by Crippen LogP contribution is 2.23. The van der Waals surface area contributed by atoms with Crippen LogP contribution in [-0.4, -0.2) is 22.4 Å². The van der Waals surface area contributed by atoms with Crippen molar-refractivity contribution in [2.45, 2.75) is 11.4 Å². The lowest BCUT2D eigenvalue weighted by molar-refractivity contribution is 0.451. The van der Waals surface area contributed by atoms with Gasteiger partial charge in [-0.3, -0.25) is 0 Å². The summed E-state index contributed by atoms with van der Waals surface area (Å²) < 4.78 is 19.1. The third kappa shape index (κ3) is 6.51. The number of rotatable bonds is 8. The van der Waals surface area contributed by atoms with E-state index in [1.54, 1.807) is 30.1 Å². The molecule has 28 heavy (non-hydrogen) atoms. The first-order chi connectivity index (χ1) is 13.7. The average Bonchev–Trinajstić information content (AvgIpc) is 2.71. The van der Waals surface area contributed by atoms with Crippen molar-refractivity contribution >= 4 is 29.1 Å². The molecule has 0 saturated heterocycles. The average molecular weight is 414 g/mol. The molecule has 0 aliphatic rings. The Balaban J connectivity index is 1.45. The SMILES string of the molecule is Fc1cccc(Oc2ncccc2CNC(=S)NCCSc2ccccc2)c1. The number of benzene rings is 2. The second-order valence-corrected chi connectivity index (χ2v) is 7.37. The molecule has 0 atom stereocenters. The lowest BCUT2D eigenvalue weighted by atomic mass is 10.2. The Labute approximate surface area is 173 Å². The zero-order chi connectivity index (χ0) is 19.6. The van der Waals surface area contributed by atoms with Gasteiger partial charge in [-0.2, -0.15) is 0 Å². The number of thiocarbonyl (C=S) groups is 1. The van der Waals surface area contributed by atoms with Crippen LogP contribution in [0.5, 0.6) is 11.6 Å². The monoisotopic (exact) mass is 413 g/mol. The van der Waals surface area contributed by atoms with Crippen molar-refractivity contribution in [1.82, 2.24) is 15.6 Å². The van der Waals surface area contributed by atoms with Gasteiger partial charge in [0.1, 0.15) is 11.6 Å². The Morgan fingerprint density at radius 1 is 1.04 bits per heavy atom. The van der Waals surface area contributed by atoms with Crippen LogP contribution >= 0.6 is 24.0 Å². The van der Waals surface area contributed by atoms with Crippen LogP contribution < -0.4 is 15.4 Å². The Hall–Kier alpha value is -2.64. The van der Waals surface area contributed by atoms with Gasteiger partial charge < -0.3 is 15.4 Å². The molecular formula is C21H20FN3OS2. The topological polar surface area (TPSA) is 46.2 Å². The van der Waals surface area contributed by atoms with Crippen molar-refractivity contribution in [1.29, 1.82) is 0 Å². The van der Waals surface area contributed by atoms with Gasteiger partial charge in [0.25, 0.3) is 0 Å². The second kappa shape index (κ2) is 10.6. The fourth-order valence-electron chi connectivity index (χ4n) is 2.38. The maximum Gasteiger partial charge on any atom is 0.224 e. The molecule has 0 bridgehead atoms. The minimum Gasteiger partial charge on any atom is -0.439 e. The highest BCUT2D eigenvalue weighted by molar-refractivity contribution is 7.99. The number of ether oxygens (including phenoxy) is 1. The van der Waals surface area contributed by atoms with E-state index in [0.29, 0.717) is 23.3 Å². The van der Waals surface area contributed by atoms with Gasteiger partial charge in [-0.05, 0) is 42.5 Å². The highest BCUT2D eigenvalue weighted by Gasteiger charge is 2.07. The summed E-state index contributed by atoms with van der Waals surface area (Å²) in [6, 6.07) is 19.9. The van der Waals surface area contributed by atoms with Crippen LogP contribution in [-0.2, 0) is 6.54 Å². The van der Waals surface area contributed by atoms with E-state index in [0.717, 1.165) is 17.9 Å². The van der Waals surface area contributed by atoms with Gasteiger partial charge >= 0.3 is 0 Å². The third-order valence-corrected chi connectivity index (χ3v) is 5.00. The molecule has 2 N–H and O–H groups in total. The van der Waals surface area contributed by atoms with E-state index >= 15 is 0 Å². The van der Waals surface area contributed by atoms with E-state index in [1.165, 1.54) is 17.0 Å². The molecule has 0 aliphatic heterocycles. The number of aromatic nitrogens is 1. The first kappa shape index (κ1) is 20.1. The molecule has 0 amide bonds. The maximum atomic E-state index is 13.3. The smallest absolute Gasteiger partial charge is 0.224 e. The zero-order valence-corrected chi connectivity index (χ0v) is 16.7. The summed E-state index contributed by atoms with van der Waals surface area (Å²) in [6.45, 7) is 1.21.